The number of benzene rings is 1. The molecule has 1 aromatic rings. The van der Waals surface area contributed by atoms with E-state index in [1.165, 1.54) is 6.07 Å². The number of carbonyl (C=O) groups excluding carboxylic acids is 1. The van der Waals surface area contributed by atoms with Crippen molar-refractivity contribution in [3.05, 3.63) is 29.3 Å². The number of amides is 1. The highest BCUT2D eigenvalue weighted by atomic mass is 32.2. The largest absolute Gasteiger partial charge is 0.349 e. The van der Waals surface area contributed by atoms with Crippen molar-refractivity contribution in [3.63, 3.8) is 0 Å². The zero-order valence-corrected chi connectivity index (χ0v) is 11.8. The maximum atomic E-state index is 12.0. The second-order valence-electron chi connectivity index (χ2n) is 5.01. The molecule has 19 heavy (non-hydrogen) atoms. The van der Waals surface area contributed by atoms with Gasteiger partial charge in [0.15, 0.2) is 0 Å². The van der Waals surface area contributed by atoms with Gasteiger partial charge in [0.25, 0.3) is 5.91 Å². The van der Waals surface area contributed by atoms with Crippen LogP contribution in [-0.2, 0) is 16.4 Å². The van der Waals surface area contributed by atoms with Gasteiger partial charge in [-0.25, -0.2) is 13.6 Å². The molecule has 0 bridgehead atoms. The van der Waals surface area contributed by atoms with Crippen LogP contribution in [0.15, 0.2) is 23.1 Å². The topological polar surface area (TPSA) is 89.3 Å². The van der Waals surface area contributed by atoms with Crippen LogP contribution in [0.3, 0.4) is 0 Å². The molecule has 0 spiro atoms. The van der Waals surface area contributed by atoms with Crippen LogP contribution in [0.25, 0.3) is 0 Å². The van der Waals surface area contributed by atoms with E-state index in [4.69, 9.17) is 5.14 Å². The molecular weight excluding hydrogens is 264 g/mol. The van der Waals surface area contributed by atoms with Crippen LogP contribution in [-0.4, -0.2) is 20.4 Å². The Bertz CT molecular complexity index is 610. The van der Waals surface area contributed by atoms with E-state index in [9.17, 15) is 13.2 Å². The minimum Gasteiger partial charge on any atom is -0.349 e. The smallest absolute Gasteiger partial charge is 0.251 e. The Labute approximate surface area is 113 Å². The Morgan fingerprint density at radius 1 is 1.47 bits per heavy atom. The number of primary sulfonamides is 1. The van der Waals surface area contributed by atoms with Crippen LogP contribution in [0.2, 0.25) is 0 Å². The summed E-state index contributed by atoms with van der Waals surface area (Å²) in [6.45, 7) is 3.90. The van der Waals surface area contributed by atoms with E-state index in [0.29, 0.717) is 23.5 Å². The first kappa shape index (κ1) is 14.0. The highest BCUT2D eigenvalue weighted by molar-refractivity contribution is 7.89. The lowest BCUT2D eigenvalue weighted by Crippen LogP contribution is -2.27. The van der Waals surface area contributed by atoms with Crippen molar-refractivity contribution in [2.24, 2.45) is 11.1 Å². The molecule has 0 aliphatic heterocycles. The summed E-state index contributed by atoms with van der Waals surface area (Å²) in [4.78, 5) is 12.0. The summed E-state index contributed by atoms with van der Waals surface area (Å²) in [6.07, 6.45) is 1.52. The quantitative estimate of drug-likeness (QED) is 0.864. The van der Waals surface area contributed by atoms with Crippen molar-refractivity contribution in [3.8, 4) is 0 Å². The second-order valence-corrected chi connectivity index (χ2v) is 6.54. The Hall–Kier alpha value is -1.40. The molecular formula is C13H18N2O3S. The molecule has 2 atom stereocenters. The van der Waals surface area contributed by atoms with E-state index >= 15 is 0 Å². The Balaban J connectivity index is 2.30. The van der Waals surface area contributed by atoms with Crippen molar-refractivity contribution in [2.45, 2.75) is 37.6 Å². The van der Waals surface area contributed by atoms with Crippen molar-refractivity contribution >= 4 is 15.9 Å². The Morgan fingerprint density at radius 2 is 2.11 bits per heavy atom. The Kier molecular flexibility index (Phi) is 3.64. The van der Waals surface area contributed by atoms with Gasteiger partial charge in [-0.05, 0) is 36.5 Å². The number of carbonyl (C=O) groups is 1. The first-order chi connectivity index (χ1) is 8.82. The van der Waals surface area contributed by atoms with Crippen LogP contribution >= 0.6 is 0 Å². The molecule has 1 saturated carbocycles. The van der Waals surface area contributed by atoms with Crippen LogP contribution in [0.5, 0.6) is 0 Å². The third kappa shape index (κ3) is 3.13. The molecule has 2 unspecified atom stereocenters. The zero-order valence-electron chi connectivity index (χ0n) is 11.0. The molecule has 5 nitrogen and oxygen atoms in total. The average molecular weight is 282 g/mol. The highest BCUT2D eigenvalue weighted by Gasteiger charge is 2.34. The lowest BCUT2D eigenvalue weighted by atomic mass is 10.1. The number of rotatable bonds is 4. The number of hydrogen-bond acceptors (Lipinski definition) is 3. The van der Waals surface area contributed by atoms with Crippen LogP contribution in [0.1, 0.15) is 36.2 Å². The number of hydrogen-bond donors (Lipinski definition) is 2. The molecule has 1 aromatic carbocycles. The van der Waals surface area contributed by atoms with Gasteiger partial charge in [0.2, 0.25) is 10.0 Å². The maximum absolute atomic E-state index is 12.0. The van der Waals surface area contributed by atoms with Gasteiger partial charge < -0.3 is 5.32 Å². The third-order valence-electron chi connectivity index (χ3n) is 3.44. The summed E-state index contributed by atoms with van der Waals surface area (Å²) in [5.74, 6) is 0.249. The number of sulfonamides is 1. The minimum absolute atomic E-state index is 0.0338. The molecule has 3 N–H and O–H groups in total. The van der Waals surface area contributed by atoms with Crippen molar-refractivity contribution in [2.75, 3.05) is 0 Å². The molecule has 1 fully saturated rings. The van der Waals surface area contributed by atoms with E-state index in [0.717, 1.165) is 6.42 Å². The van der Waals surface area contributed by atoms with E-state index in [2.05, 4.69) is 12.2 Å². The molecule has 0 saturated heterocycles. The summed E-state index contributed by atoms with van der Waals surface area (Å²) < 4.78 is 23.0. The number of nitrogens with one attached hydrogen (secondary N) is 1. The lowest BCUT2D eigenvalue weighted by molar-refractivity contribution is 0.0949. The lowest BCUT2D eigenvalue weighted by Gasteiger charge is -2.09. The summed E-state index contributed by atoms with van der Waals surface area (Å²) in [7, 11) is -3.81. The first-order valence-electron chi connectivity index (χ1n) is 6.29. The standard InChI is InChI=1S/C13H18N2O3S/c1-3-9-4-5-10(7-12(9)19(14,17)18)13(16)15-11-6-8(11)2/h4-5,7-8,11H,3,6H2,1-2H3,(H,15,16)(H2,14,17,18). The molecule has 1 aliphatic carbocycles. The fourth-order valence-corrected chi connectivity index (χ4v) is 2.90. The molecule has 6 heteroatoms. The molecule has 0 radical (unpaired) electrons. The average Bonchev–Trinajstić information content (AvgIpc) is 3.02. The fraction of sp³-hybridized carbons (Fsp3) is 0.462. The van der Waals surface area contributed by atoms with Gasteiger partial charge in [0, 0.05) is 11.6 Å². The number of nitrogens with two attached hydrogens (primary N) is 1. The van der Waals surface area contributed by atoms with Gasteiger partial charge >= 0.3 is 0 Å². The predicted molar refractivity (Wildman–Crippen MR) is 72.2 cm³/mol. The summed E-state index contributed by atoms with van der Waals surface area (Å²) >= 11 is 0. The van der Waals surface area contributed by atoms with E-state index < -0.39 is 10.0 Å². The van der Waals surface area contributed by atoms with Crippen molar-refractivity contribution in [1.29, 1.82) is 0 Å². The summed E-state index contributed by atoms with van der Waals surface area (Å²) in [6, 6.07) is 4.84. The monoisotopic (exact) mass is 282 g/mol. The molecule has 0 aromatic heterocycles. The van der Waals surface area contributed by atoms with Crippen LogP contribution in [0.4, 0.5) is 0 Å². The van der Waals surface area contributed by atoms with E-state index in [1.807, 2.05) is 6.92 Å². The van der Waals surface area contributed by atoms with E-state index in [-0.39, 0.29) is 16.8 Å². The van der Waals surface area contributed by atoms with Gasteiger partial charge in [-0.15, -0.1) is 0 Å². The molecule has 0 heterocycles. The summed E-state index contributed by atoms with van der Waals surface area (Å²) in [5.41, 5.74) is 0.958. The minimum atomic E-state index is -3.81. The van der Waals surface area contributed by atoms with Gasteiger partial charge in [-0.3, -0.25) is 4.79 Å². The third-order valence-corrected chi connectivity index (χ3v) is 4.44. The van der Waals surface area contributed by atoms with Gasteiger partial charge in [0.05, 0.1) is 4.90 Å². The molecule has 2 rings (SSSR count). The van der Waals surface area contributed by atoms with Crippen LogP contribution < -0.4 is 10.5 Å². The molecule has 1 aliphatic rings. The Morgan fingerprint density at radius 3 is 2.58 bits per heavy atom. The maximum Gasteiger partial charge on any atom is 0.251 e. The second kappa shape index (κ2) is 4.94. The highest BCUT2D eigenvalue weighted by Crippen LogP contribution is 2.29. The first-order valence-corrected chi connectivity index (χ1v) is 7.84. The van der Waals surface area contributed by atoms with Gasteiger partial charge in [-0.1, -0.05) is 19.9 Å². The van der Waals surface area contributed by atoms with Crippen molar-refractivity contribution in [1.82, 2.24) is 5.32 Å². The van der Waals surface area contributed by atoms with Crippen LogP contribution in [0, 0.1) is 5.92 Å². The normalized spacial score (nSPS) is 22.1. The van der Waals surface area contributed by atoms with E-state index in [1.54, 1.807) is 12.1 Å². The van der Waals surface area contributed by atoms with Gasteiger partial charge in [0.1, 0.15) is 0 Å². The summed E-state index contributed by atoms with van der Waals surface area (Å²) in [5, 5.41) is 8.04. The zero-order chi connectivity index (χ0) is 14.2. The SMILES string of the molecule is CCc1ccc(C(=O)NC2CC2C)cc1S(N)(=O)=O. The number of aryl methyl sites for hydroxylation is 1. The van der Waals surface area contributed by atoms with Gasteiger partial charge in [-0.2, -0.15) is 0 Å². The predicted octanol–water partition coefficient (Wildman–Crippen LogP) is 1.03. The molecule has 1 amide bonds. The van der Waals surface area contributed by atoms with Crippen molar-refractivity contribution < 1.29 is 13.2 Å². The molecule has 104 valence electrons. The fourth-order valence-electron chi connectivity index (χ4n) is 2.03.